The van der Waals surface area contributed by atoms with Crippen molar-refractivity contribution in [2.75, 3.05) is 13.1 Å². The maximum atomic E-state index is 8.49. The van der Waals surface area contributed by atoms with Crippen molar-refractivity contribution in [3.8, 4) is 0 Å². The number of halogens is 1. The number of nitrogens with one attached hydrogen (secondary N) is 1. The van der Waals surface area contributed by atoms with E-state index < -0.39 is 10.2 Å². The molecule has 2 heterocycles. The second-order valence-electron chi connectivity index (χ2n) is 3.74. The molecular formula is C10H15ClN2O4. The molecule has 1 N–H and O–H groups in total. The summed E-state index contributed by atoms with van der Waals surface area (Å²) in [4.78, 5) is 3.24. The number of rotatable bonds is 1. The molecule has 0 bridgehead atoms. The predicted octanol–water partition coefficient (Wildman–Crippen LogP) is -3.13. The number of aromatic nitrogens is 1. The number of aromatic amines is 1. The first kappa shape index (κ1) is 14.1. The van der Waals surface area contributed by atoms with E-state index in [1.54, 1.807) is 0 Å². The molecule has 0 amide bonds. The molecule has 7 heteroatoms. The summed E-state index contributed by atoms with van der Waals surface area (Å²) in [5, 5.41) is 0. The molecule has 0 aliphatic carbocycles. The Kier molecular flexibility index (Phi) is 5.10. The van der Waals surface area contributed by atoms with E-state index >= 15 is 0 Å². The van der Waals surface area contributed by atoms with Crippen LogP contribution in [0.1, 0.15) is 25.5 Å². The van der Waals surface area contributed by atoms with Gasteiger partial charge in [0.2, 0.25) is 0 Å². The van der Waals surface area contributed by atoms with E-state index in [0.29, 0.717) is 0 Å². The zero-order valence-corrected chi connectivity index (χ0v) is 10.3. The zero-order valence-electron chi connectivity index (χ0n) is 9.52. The lowest BCUT2D eigenvalue weighted by Crippen LogP contribution is -2.68. The molecule has 96 valence electrons. The molecule has 0 unspecified atom stereocenters. The van der Waals surface area contributed by atoms with E-state index in [2.05, 4.69) is 28.6 Å². The first-order valence-corrected chi connectivity index (χ1v) is 6.45. The van der Waals surface area contributed by atoms with Gasteiger partial charge in [-0.25, -0.2) is 23.2 Å². The van der Waals surface area contributed by atoms with Gasteiger partial charge in [0.05, 0.1) is 0 Å². The lowest BCUT2D eigenvalue weighted by molar-refractivity contribution is -2.00. The molecule has 6 nitrogen and oxygen atoms in total. The Balaban J connectivity index is 0.000000249. The van der Waals surface area contributed by atoms with Crippen LogP contribution in [0.2, 0.25) is 0 Å². The topological polar surface area (TPSA) is 111 Å². The average Bonchev–Trinajstić information content (AvgIpc) is 2.88. The highest BCUT2D eigenvalue weighted by atomic mass is 35.7. The van der Waals surface area contributed by atoms with Crippen molar-refractivity contribution >= 4 is 5.71 Å². The molecule has 1 aliphatic rings. The Bertz CT molecular complexity index is 356. The van der Waals surface area contributed by atoms with Gasteiger partial charge in [0.15, 0.2) is 5.71 Å². The van der Waals surface area contributed by atoms with Gasteiger partial charge in [-0.2, -0.15) is 0 Å². The normalized spacial score (nSPS) is 15.5. The van der Waals surface area contributed by atoms with Gasteiger partial charge in [-0.05, 0) is 12.1 Å². The van der Waals surface area contributed by atoms with Crippen molar-refractivity contribution in [3.63, 3.8) is 0 Å². The highest BCUT2D eigenvalue weighted by Gasteiger charge is 2.17. The zero-order chi connectivity index (χ0) is 12.9. The summed E-state index contributed by atoms with van der Waals surface area (Å²) in [6.45, 7) is 4.65. The molecule has 1 saturated heterocycles. The van der Waals surface area contributed by atoms with Gasteiger partial charge in [-0.3, -0.25) is 0 Å². The molecule has 0 saturated carbocycles. The Morgan fingerprint density at radius 3 is 2.18 bits per heavy atom. The van der Waals surface area contributed by atoms with Gasteiger partial charge in [0.1, 0.15) is 18.8 Å². The summed E-state index contributed by atoms with van der Waals surface area (Å²) in [5.74, 6) is 0. The summed E-state index contributed by atoms with van der Waals surface area (Å²) in [6.07, 6.45) is 4.67. The Morgan fingerprint density at radius 1 is 1.24 bits per heavy atom. The van der Waals surface area contributed by atoms with Crippen LogP contribution >= 0.6 is 0 Å². The first-order valence-electron chi connectivity index (χ1n) is 5.22. The number of hydrogen-bond acceptors (Lipinski definition) is 4. The second-order valence-corrected chi connectivity index (χ2v) is 4.50. The Morgan fingerprint density at radius 2 is 1.76 bits per heavy atom. The Hall–Kier alpha value is -0.920. The fraction of sp³-hybridized carbons (Fsp3) is 0.500. The van der Waals surface area contributed by atoms with Crippen molar-refractivity contribution in [1.29, 1.82) is 0 Å². The minimum atomic E-state index is -4.94. The van der Waals surface area contributed by atoms with Gasteiger partial charge in [0, 0.05) is 26.0 Å². The predicted molar refractivity (Wildman–Crippen MR) is 49.8 cm³/mol. The van der Waals surface area contributed by atoms with E-state index in [1.165, 1.54) is 37.3 Å². The fourth-order valence-electron chi connectivity index (χ4n) is 1.78. The number of H-pyrrole nitrogens is 1. The molecule has 0 spiro atoms. The molecule has 1 aromatic rings. The fourth-order valence-corrected chi connectivity index (χ4v) is 1.78. The van der Waals surface area contributed by atoms with Crippen LogP contribution < -0.4 is 18.6 Å². The van der Waals surface area contributed by atoms with Gasteiger partial charge in [-0.1, -0.05) is 0 Å². The summed E-state index contributed by atoms with van der Waals surface area (Å²) < 4.78 is 36.4. The summed E-state index contributed by atoms with van der Waals surface area (Å²) in [6, 6.07) is 4.18. The van der Waals surface area contributed by atoms with Crippen LogP contribution in [0.3, 0.4) is 0 Å². The van der Waals surface area contributed by atoms with Crippen LogP contribution in [0.15, 0.2) is 18.3 Å². The maximum Gasteiger partial charge on any atom is 0.196 e. The molecule has 1 aromatic heterocycles. The third-order valence-electron chi connectivity index (χ3n) is 2.57. The van der Waals surface area contributed by atoms with E-state index in [9.17, 15) is 0 Å². The molecule has 0 radical (unpaired) electrons. The molecule has 0 aromatic carbocycles. The molecule has 2 rings (SSSR count). The van der Waals surface area contributed by atoms with Gasteiger partial charge in [0.25, 0.3) is 0 Å². The molecular weight excluding hydrogens is 248 g/mol. The van der Waals surface area contributed by atoms with E-state index in [0.717, 1.165) is 0 Å². The summed E-state index contributed by atoms with van der Waals surface area (Å²) in [5.41, 5.74) is 2.65. The lowest BCUT2D eigenvalue weighted by atomic mass is 10.3. The van der Waals surface area contributed by atoms with Gasteiger partial charge in [-0.15, -0.1) is 10.2 Å². The minimum absolute atomic E-state index is 1.23. The van der Waals surface area contributed by atoms with E-state index in [4.69, 9.17) is 18.6 Å². The molecule has 1 fully saturated rings. The highest BCUT2D eigenvalue weighted by Crippen LogP contribution is 2.05. The standard InChI is InChI=1S/C10H14N2.ClHO4/c1-9(10-5-4-6-11-10)12-7-2-3-8-12;2-1(3,4)5/h4-6H,2-3,7-8H2,1H3;(H,2,3,4,5). The number of nitrogens with zero attached hydrogens (tertiary/aromatic N) is 1. The van der Waals surface area contributed by atoms with Crippen LogP contribution in [0, 0.1) is 10.2 Å². The van der Waals surface area contributed by atoms with Crippen molar-refractivity contribution in [2.24, 2.45) is 0 Å². The van der Waals surface area contributed by atoms with E-state index in [-0.39, 0.29) is 0 Å². The molecule has 1 aliphatic heterocycles. The quantitative estimate of drug-likeness (QED) is 0.540. The van der Waals surface area contributed by atoms with Crippen LogP contribution in [0.25, 0.3) is 0 Å². The smallest absolute Gasteiger partial charge is 0.196 e. The average molecular weight is 263 g/mol. The van der Waals surface area contributed by atoms with Crippen LogP contribution in [0.4, 0.5) is 0 Å². The van der Waals surface area contributed by atoms with E-state index in [1.807, 2.05) is 6.20 Å². The number of hydrogen-bond donors (Lipinski definition) is 1. The third-order valence-corrected chi connectivity index (χ3v) is 2.57. The van der Waals surface area contributed by atoms with Crippen molar-refractivity contribution < 1.29 is 33.5 Å². The Labute approximate surface area is 102 Å². The van der Waals surface area contributed by atoms with Crippen LogP contribution in [-0.4, -0.2) is 28.4 Å². The molecule has 17 heavy (non-hydrogen) atoms. The highest BCUT2D eigenvalue weighted by molar-refractivity contribution is 5.93. The van der Waals surface area contributed by atoms with Crippen molar-refractivity contribution in [3.05, 3.63) is 24.0 Å². The van der Waals surface area contributed by atoms with Gasteiger partial charge < -0.3 is 4.98 Å². The largest absolute Gasteiger partial charge is 0.357 e. The van der Waals surface area contributed by atoms with Crippen LogP contribution in [0.5, 0.6) is 0 Å². The van der Waals surface area contributed by atoms with Crippen molar-refractivity contribution in [1.82, 2.24) is 4.98 Å². The van der Waals surface area contributed by atoms with Crippen molar-refractivity contribution in [2.45, 2.75) is 19.8 Å². The summed E-state index contributed by atoms with van der Waals surface area (Å²) in [7, 11) is -4.94. The summed E-state index contributed by atoms with van der Waals surface area (Å²) >= 11 is 0. The van der Waals surface area contributed by atoms with Crippen LogP contribution in [-0.2, 0) is 0 Å². The maximum absolute atomic E-state index is 8.49. The molecule has 0 atom stereocenters. The minimum Gasteiger partial charge on any atom is -0.357 e. The van der Waals surface area contributed by atoms with Gasteiger partial charge >= 0.3 is 0 Å². The lowest BCUT2D eigenvalue weighted by Gasteiger charge is -2.17. The monoisotopic (exact) mass is 262 g/mol. The second kappa shape index (κ2) is 6.13. The SMILES string of the molecule is CC(c1ccc[nH]1)=[N+]1CCCC1.[O-][Cl+3]([O-])([O-])[O-]. The third kappa shape index (κ3) is 5.81. The first-order chi connectivity index (χ1) is 7.88.